The van der Waals surface area contributed by atoms with Gasteiger partial charge in [0, 0.05) is 13.1 Å². The molecule has 0 bridgehead atoms. The molecule has 1 aromatic carbocycles. The van der Waals surface area contributed by atoms with Crippen molar-refractivity contribution in [2.24, 2.45) is 0 Å². The van der Waals surface area contributed by atoms with Crippen LogP contribution in [0.1, 0.15) is 95.5 Å². The quantitative estimate of drug-likeness (QED) is 0.464. The summed E-state index contributed by atoms with van der Waals surface area (Å²) in [6, 6.07) is 8.91. The van der Waals surface area contributed by atoms with Crippen molar-refractivity contribution < 1.29 is 4.74 Å². The van der Waals surface area contributed by atoms with Gasteiger partial charge in [0.25, 0.3) is 0 Å². The Kier molecular flexibility index (Phi) is 11.7. The van der Waals surface area contributed by atoms with Gasteiger partial charge in [0.15, 0.2) is 0 Å². The number of benzene rings is 1. The molecule has 2 fully saturated rings. The van der Waals surface area contributed by atoms with Gasteiger partial charge in [0.05, 0.1) is 6.61 Å². The summed E-state index contributed by atoms with van der Waals surface area (Å²) in [6.45, 7) is 8.20. The lowest BCUT2D eigenvalue weighted by Crippen LogP contribution is -2.31. The molecule has 30 heavy (non-hydrogen) atoms. The highest BCUT2D eigenvalue weighted by Crippen LogP contribution is 2.17. The SMILES string of the molecule is c1cc(OCCCN2CCCCC2)ccc1CN1CCCCCCCCCCCC1. The second kappa shape index (κ2) is 14.9. The van der Waals surface area contributed by atoms with Crippen LogP contribution >= 0.6 is 0 Å². The van der Waals surface area contributed by atoms with Crippen LogP contribution < -0.4 is 4.74 Å². The van der Waals surface area contributed by atoms with E-state index in [0.29, 0.717) is 0 Å². The van der Waals surface area contributed by atoms with Crippen molar-refractivity contribution in [2.75, 3.05) is 39.3 Å². The molecular formula is C27H46N2O. The van der Waals surface area contributed by atoms with Crippen LogP contribution in [0.3, 0.4) is 0 Å². The Hall–Kier alpha value is -1.06. The van der Waals surface area contributed by atoms with Crippen LogP contribution in [0.25, 0.3) is 0 Å². The first-order valence-electron chi connectivity index (χ1n) is 13.1. The molecule has 0 spiro atoms. The number of piperidine rings is 1. The first kappa shape index (κ1) is 23.6. The molecular weight excluding hydrogens is 368 g/mol. The molecule has 0 unspecified atom stereocenters. The van der Waals surface area contributed by atoms with Crippen LogP contribution in [0.2, 0.25) is 0 Å². The molecule has 3 heteroatoms. The monoisotopic (exact) mass is 414 g/mol. The van der Waals surface area contributed by atoms with Gasteiger partial charge in [-0.25, -0.2) is 0 Å². The Morgan fingerprint density at radius 3 is 1.60 bits per heavy atom. The van der Waals surface area contributed by atoms with E-state index in [9.17, 15) is 0 Å². The van der Waals surface area contributed by atoms with Crippen molar-refractivity contribution in [1.82, 2.24) is 9.80 Å². The van der Waals surface area contributed by atoms with Crippen LogP contribution in [0.5, 0.6) is 5.75 Å². The van der Waals surface area contributed by atoms with E-state index in [4.69, 9.17) is 4.74 Å². The molecule has 2 aliphatic rings. The van der Waals surface area contributed by atoms with Crippen molar-refractivity contribution in [3.8, 4) is 5.75 Å². The maximum absolute atomic E-state index is 6.01. The highest BCUT2D eigenvalue weighted by molar-refractivity contribution is 5.27. The van der Waals surface area contributed by atoms with Crippen LogP contribution in [-0.2, 0) is 6.54 Å². The minimum atomic E-state index is 0.835. The number of rotatable bonds is 7. The van der Waals surface area contributed by atoms with E-state index in [-0.39, 0.29) is 0 Å². The van der Waals surface area contributed by atoms with Gasteiger partial charge in [0.1, 0.15) is 5.75 Å². The summed E-state index contributed by atoms with van der Waals surface area (Å²) in [4.78, 5) is 5.28. The van der Waals surface area contributed by atoms with E-state index in [1.165, 1.54) is 122 Å². The predicted molar refractivity (Wildman–Crippen MR) is 128 cm³/mol. The topological polar surface area (TPSA) is 15.7 Å². The van der Waals surface area contributed by atoms with Crippen molar-refractivity contribution >= 4 is 0 Å². The minimum Gasteiger partial charge on any atom is -0.494 e. The van der Waals surface area contributed by atoms with Crippen molar-refractivity contribution in [1.29, 1.82) is 0 Å². The van der Waals surface area contributed by atoms with Gasteiger partial charge < -0.3 is 9.64 Å². The molecule has 0 amide bonds. The second-order valence-corrected chi connectivity index (χ2v) is 9.56. The Bertz CT molecular complexity index is 524. The molecule has 1 aromatic rings. The van der Waals surface area contributed by atoms with Crippen LogP contribution in [0, 0.1) is 0 Å². The lowest BCUT2D eigenvalue weighted by Gasteiger charge is -2.26. The summed E-state index contributed by atoms with van der Waals surface area (Å²) in [5.41, 5.74) is 1.43. The lowest BCUT2D eigenvalue weighted by molar-refractivity contribution is 0.205. The van der Waals surface area contributed by atoms with E-state index in [1.807, 2.05) is 0 Å². The summed E-state index contributed by atoms with van der Waals surface area (Å²) in [5.74, 6) is 1.03. The van der Waals surface area contributed by atoms with Gasteiger partial charge in [-0.3, -0.25) is 4.90 Å². The van der Waals surface area contributed by atoms with Crippen LogP contribution in [0.15, 0.2) is 24.3 Å². The van der Waals surface area contributed by atoms with E-state index in [0.717, 1.165) is 25.3 Å². The third kappa shape index (κ3) is 9.83. The summed E-state index contributed by atoms with van der Waals surface area (Å²) >= 11 is 0. The fourth-order valence-electron chi connectivity index (χ4n) is 4.97. The summed E-state index contributed by atoms with van der Waals surface area (Å²) < 4.78 is 6.01. The lowest BCUT2D eigenvalue weighted by atomic mass is 10.1. The maximum Gasteiger partial charge on any atom is 0.119 e. The Morgan fingerprint density at radius 2 is 1.03 bits per heavy atom. The van der Waals surface area contributed by atoms with Crippen molar-refractivity contribution in [2.45, 2.75) is 96.4 Å². The molecule has 0 aromatic heterocycles. The molecule has 3 rings (SSSR count). The fourth-order valence-corrected chi connectivity index (χ4v) is 4.97. The summed E-state index contributed by atoms with van der Waals surface area (Å²) in [7, 11) is 0. The minimum absolute atomic E-state index is 0.835. The number of ether oxygens (including phenoxy) is 1. The molecule has 3 nitrogen and oxygen atoms in total. The van der Waals surface area contributed by atoms with Gasteiger partial charge in [-0.15, -0.1) is 0 Å². The molecule has 0 saturated carbocycles. The number of likely N-dealkylation sites (tertiary alicyclic amines) is 1. The molecule has 0 atom stereocenters. The highest BCUT2D eigenvalue weighted by Gasteiger charge is 2.10. The third-order valence-electron chi connectivity index (χ3n) is 6.86. The van der Waals surface area contributed by atoms with Gasteiger partial charge in [-0.1, -0.05) is 69.9 Å². The molecule has 2 heterocycles. The highest BCUT2D eigenvalue weighted by atomic mass is 16.5. The average molecular weight is 415 g/mol. The van der Waals surface area contributed by atoms with E-state index >= 15 is 0 Å². The molecule has 2 aliphatic heterocycles. The van der Waals surface area contributed by atoms with E-state index in [1.54, 1.807) is 0 Å². The maximum atomic E-state index is 6.01. The van der Waals surface area contributed by atoms with E-state index < -0.39 is 0 Å². The third-order valence-corrected chi connectivity index (χ3v) is 6.86. The first-order chi connectivity index (χ1) is 14.9. The second-order valence-electron chi connectivity index (χ2n) is 9.56. The van der Waals surface area contributed by atoms with Gasteiger partial charge in [0.2, 0.25) is 0 Å². The molecule has 2 saturated heterocycles. The predicted octanol–water partition coefficient (Wildman–Crippen LogP) is 6.66. The molecule has 170 valence electrons. The Balaban J connectivity index is 1.36. The van der Waals surface area contributed by atoms with E-state index in [2.05, 4.69) is 34.1 Å². The van der Waals surface area contributed by atoms with Crippen molar-refractivity contribution in [3.05, 3.63) is 29.8 Å². The zero-order chi connectivity index (χ0) is 20.7. The summed E-state index contributed by atoms with van der Waals surface area (Å²) in [5, 5.41) is 0. The summed E-state index contributed by atoms with van der Waals surface area (Å²) in [6.07, 6.45) is 19.5. The van der Waals surface area contributed by atoms with Crippen LogP contribution in [0.4, 0.5) is 0 Å². The number of nitrogens with zero attached hydrogens (tertiary/aromatic N) is 2. The Morgan fingerprint density at radius 1 is 0.567 bits per heavy atom. The van der Waals surface area contributed by atoms with Crippen LogP contribution in [-0.4, -0.2) is 49.1 Å². The number of hydrogen-bond donors (Lipinski definition) is 0. The van der Waals surface area contributed by atoms with Gasteiger partial charge >= 0.3 is 0 Å². The van der Waals surface area contributed by atoms with Crippen molar-refractivity contribution in [3.63, 3.8) is 0 Å². The standard InChI is InChI=1S/C27H46N2O/c1-2-4-6-8-11-22-29(21-10-7-5-3-1)25-26-15-17-27(18-16-26)30-24-14-23-28-19-12-9-13-20-28/h15-18H,1-14,19-25H2. The smallest absolute Gasteiger partial charge is 0.119 e. The van der Waals surface area contributed by atoms with Gasteiger partial charge in [-0.05, 0) is 76.0 Å². The molecule has 0 radical (unpaired) electrons. The Labute approximate surface area is 186 Å². The van der Waals surface area contributed by atoms with Gasteiger partial charge in [-0.2, -0.15) is 0 Å². The fraction of sp³-hybridized carbons (Fsp3) is 0.778. The average Bonchev–Trinajstić information content (AvgIpc) is 2.81. The zero-order valence-corrected chi connectivity index (χ0v) is 19.5. The normalized spacial score (nSPS) is 21.3. The molecule has 0 N–H and O–H groups in total. The molecule has 0 aliphatic carbocycles. The largest absolute Gasteiger partial charge is 0.494 e. The first-order valence-corrected chi connectivity index (χ1v) is 13.1. The zero-order valence-electron chi connectivity index (χ0n) is 19.5. The number of hydrogen-bond acceptors (Lipinski definition) is 3.